The molecule has 1 fully saturated rings. The van der Waals surface area contributed by atoms with E-state index in [2.05, 4.69) is 4.90 Å². The van der Waals surface area contributed by atoms with Gasteiger partial charge in [0.2, 0.25) is 0 Å². The first-order valence-electron chi connectivity index (χ1n) is 7.14. The number of hydrogen-bond acceptors (Lipinski definition) is 2. The number of benzene rings is 1. The quantitative estimate of drug-likeness (QED) is 0.841. The third-order valence-corrected chi connectivity index (χ3v) is 4.14. The maximum absolute atomic E-state index is 12.3. The molecule has 0 radical (unpaired) electrons. The van der Waals surface area contributed by atoms with Crippen molar-refractivity contribution in [2.24, 2.45) is 7.05 Å². The zero-order valence-electron chi connectivity index (χ0n) is 11.5. The molecule has 0 aliphatic carbocycles. The van der Waals surface area contributed by atoms with Crippen molar-refractivity contribution in [2.75, 3.05) is 19.6 Å². The molecule has 2 heterocycles. The molecule has 1 aromatic carbocycles. The number of piperidine rings is 1. The van der Waals surface area contributed by atoms with Gasteiger partial charge in [-0.25, -0.2) is 4.79 Å². The van der Waals surface area contributed by atoms with Crippen LogP contribution >= 0.6 is 0 Å². The number of hydrogen-bond donors (Lipinski definition) is 0. The number of aryl methyl sites for hydroxylation is 1. The fourth-order valence-corrected chi connectivity index (χ4v) is 3.00. The smallest absolute Gasteiger partial charge is 0.302 e. The summed E-state index contributed by atoms with van der Waals surface area (Å²) in [7, 11) is 1.85. The van der Waals surface area contributed by atoms with Crippen molar-refractivity contribution < 1.29 is 0 Å². The molecule has 4 heteroatoms. The highest BCUT2D eigenvalue weighted by molar-refractivity contribution is 5.75. The van der Waals surface area contributed by atoms with Gasteiger partial charge in [0.15, 0.2) is 0 Å². The van der Waals surface area contributed by atoms with Crippen LogP contribution in [-0.2, 0) is 13.6 Å². The maximum Gasteiger partial charge on any atom is 0.328 e. The monoisotopic (exact) mass is 259 g/mol. The van der Waals surface area contributed by atoms with Crippen molar-refractivity contribution >= 4 is 11.0 Å². The number of imidazole rings is 1. The Morgan fingerprint density at radius 3 is 2.42 bits per heavy atom. The van der Waals surface area contributed by atoms with E-state index in [-0.39, 0.29) is 5.69 Å². The Morgan fingerprint density at radius 2 is 1.68 bits per heavy atom. The lowest BCUT2D eigenvalue weighted by Crippen LogP contribution is -2.34. The van der Waals surface area contributed by atoms with Crippen LogP contribution in [0.1, 0.15) is 19.3 Å². The third-order valence-electron chi connectivity index (χ3n) is 4.14. The average molecular weight is 259 g/mol. The predicted octanol–water partition coefficient (Wildman–Crippen LogP) is 1.83. The number of likely N-dealkylation sites (tertiary alicyclic amines) is 1. The van der Waals surface area contributed by atoms with Gasteiger partial charge < -0.3 is 4.90 Å². The molecule has 0 spiro atoms. The first-order chi connectivity index (χ1) is 9.27. The van der Waals surface area contributed by atoms with Gasteiger partial charge in [0.25, 0.3) is 0 Å². The Balaban J connectivity index is 1.84. The fraction of sp³-hybridized carbons (Fsp3) is 0.533. The van der Waals surface area contributed by atoms with Gasteiger partial charge in [0, 0.05) is 20.1 Å². The van der Waals surface area contributed by atoms with Gasteiger partial charge in [0.05, 0.1) is 11.0 Å². The summed E-state index contributed by atoms with van der Waals surface area (Å²) in [5.41, 5.74) is 2.16. The van der Waals surface area contributed by atoms with E-state index in [1.54, 1.807) is 4.57 Å². The molecule has 0 amide bonds. The van der Waals surface area contributed by atoms with Gasteiger partial charge in [-0.3, -0.25) is 9.13 Å². The summed E-state index contributed by atoms with van der Waals surface area (Å²) in [6.45, 7) is 4.13. The Kier molecular flexibility index (Phi) is 3.42. The number of rotatable bonds is 3. The van der Waals surface area contributed by atoms with Gasteiger partial charge in [-0.15, -0.1) is 0 Å². The van der Waals surface area contributed by atoms with Crippen LogP contribution in [-0.4, -0.2) is 33.7 Å². The lowest BCUT2D eigenvalue weighted by Gasteiger charge is -2.26. The van der Waals surface area contributed by atoms with Crippen LogP contribution in [0.5, 0.6) is 0 Å². The van der Waals surface area contributed by atoms with Crippen molar-refractivity contribution in [3.63, 3.8) is 0 Å². The van der Waals surface area contributed by atoms with Crippen LogP contribution in [0.25, 0.3) is 11.0 Å². The van der Waals surface area contributed by atoms with E-state index in [0.29, 0.717) is 0 Å². The van der Waals surface area contributed by atoms with E-state index in [4.69, 9.17) is 0 Å². The molecule has 2 aromatic rings. The normalized spacial score (nSPS) is 17.1. The zero-order valence-corrected chi connectivity index (χ0v) is 11.5. The molecule has 0 bridgehead atoms. The standard InChI is InChI=1S/C15H21N3O/c1-16-13-7-3-4-8-14(13)18(15(16)19)12-11-17-9-5-2-6-10-17/h3-4,7-8H,2,5-6,9-12H2,1H3. The zero-order chi connectivity index (χ0) is 13.2. The molecule has 0 N–H and O–H groups in total. The average Bonchev–Trinajstić information content (AvgIpc) is 2.71. The molecule has 19 heavy (non-hydrogen) atoms. The molecular weight excluding hydrogens is 238 g/mol. The summed E-state index contributed by atoms with van der Waals surface area (Å²) in [4.78, 5) is 14.7. The molecule has 1 saturated heterocycles. The molecule has 1 aromatic heterocycles. The minimum Gasteiger partial charge on any atom is -0.302 e. The lowest BCUT2D eigenvalue weighted by atomic mass is 10.1. The van der Waals surface area contributed by atoms with Crippen molar-refractivity contribution in [3.8, 4) is 0 Å². The highest BCUT2D eigenvalue weighted by Crippen LogP contribution is 2.12. The van der Waals surface area contributed by atoms with Gasteiger partial charge in [0.1, 0.15) is 0 Å². The minimum absolute atomic E-state index is 0.0956. The molecular formula is C15H21N3O. The lowest BCUT2D eigenvalue weighted by molar-refractivity contribution is 0.220. The molecule has 4 nitrogen and oxygen atoms in total. The van der Waals surface area contributed by atoms with E-state index in [9.17, 15) is 4.79 Å². The highest BCUT2D eigenvalue weighted by Gasteiger charge is 2.13. The van der Waals surface area contributed by atoms with E-state index in [1.165, 1.54) is 32.4 Å². The number of nitrogens with zero attached hydrogens (tertiary/aromatic N) is 3. The van der Waals surface area contributed by atoms with Crippen LogP contribution in [0.15, 0.2) is 29.1 Å². The van der Waals surface area contributed by atoms with Crippen LogP contribution < -0.4 is 5.69 Å². The van der Waals surface area contributed by atoms with E-state index >= 15 is 0 Å². The van der Waals surface area contributed by atoms with Crippen molar-refractivity contribution in [1.82, 2.24) is 14.0 Å². The summed E-state index contributed by atoms with van der Waals surface area (Å²) < 4.78 is 3.65. The van der Waals surface area contributed by atoms with Gasteiger partial charge in [-0.05, 0) is 38.1 Å². The Hall–Kier alpha value is -1.55. The van der Waals surface area contributed by atoms with E-state index in [0.717, 1.165) is 24.1 Å². The number of aromatic nitrogens is 2. The first-order valence-corrected chi connectivity index (χ1v) is 7.14. The molecule has 102 valence electrons. The molecule has 3 rings (SSSR count). The second-order valence-corrected chi connectivity index (χ2v) is 5.38. The third kappa shape index (κ3) is 2.32. The van der Waals surface area contributed by atoms with Crippen molar-refractivity contribution in [1.29, 1.82) is 0 Å². The Morgan fingerprint density at radius 1 is 1.00 bits per heavy atom. The summed E-state index contributed by atoms with van der Waals surface area (Å²) in [6.07, 6.45) is 3.94. The summed E-state index contributed by atoms with van der Waals surface area (Å²) in [6, 6.07) is 8.02. The summed E-state index contributed by atoms with van der Waals surface area (Å²) >= 11 is 0. The van der Waals surface area contributed by atoms with Crippen LogP contribution in [0, 0.1) is 0 Å². The predicted molar refractivity (Wildman–Crippen MR) is 77.5 cm³/mol. The second kappa shape index (κ2) is 5.21. The molecule has 1 aliphatic heterocycles. The highest BCUT2D eigenvalue weighted by atomic mass is 16.1. The summed E-state index contributed by atoms with van der Waals surface area (Å²) in [5, 5.41) is 0. The number of fused-ring (bicyclic) bond motifs is 1. The topological polar surface area (TPSA) is 30.2 Å². The first kappa shape index (κ1) is 12.5. The molecule has 0 saturated carbocycles. The van der Waals surface area contributed by atoms with Gasteiger partial charge in [-0.2, -0.15) is 0 Å². The fourth-order valence-electron chi connectivity index (χ4n) is 3.00. The van der Waals surface area contributed by atoms with Crippen LogP contribution in [0.4, 0.5) is 0 Å². The Labute approximate surface area is 113 Å². The van der Waals surface area contributed by atoms with Crippen molar-refractivity contribution in [3.05, 3.63) is 34.7 Å². The SMILES string of the molecule is Cn1c(=O)n(CCN2CCCCC2)c2ccccc21. The second-order valence-electron chi connectivity index (χ2n) is 5.38. The van der Waals surface area contributed by atoms with Crippen LogP contribution in [0.3, 0.4) is 0 Å². The van der Waals surface area contributed by atoms with Crippen molar-refractivity contribution in [2.45, 2.75) is 25.8 Å². The van der Waals surface area contributed by atoms with Gasteiger partial charge in [-0.1, -0.05) is 18.6 Å². The summed E-state index contributed by atoms with van der Waals surface area (Å²) in [5.74, 6) is 0. The van der Waals surface area contributed by atoms with E-state index < -0.39 is 0 Å². The number of para-hydroxylation sites is 2. The Bertz CT molecular complexity index is 620. The maximum atomic E-state index is 12.3. The largest absolute Gasteiger partial charge is 0.328 e. The van der Waals surface area contributed by atoms with Crippen LogP contribution in [0.2, 0.25) is 0 Å². The minimum atomic E-state index is 0.0956. The molecule has 1 aliphatic rings. The van der Waals surface area contributed by atoms with E-state index in [1.807, 2.05) is 35.9 Å². The van der Waals surface area contributed by atoms with Gasteiger partial charge >= 0.3 is 5.69 Å². The molecule has 0 atom stereocenters. The molecule has 0 unspecified atom stereocenters.